The fourth-order valence-corrected chi connectivity index (χ4v) is 1.81. The number of hydrogen-bond donors (Lipinski definition) is 2. The number of methoxy groups -OCH3 is 1. The van der Waals surface area contributed by atoms with Gasteiger partial charge in [0.2, 0.25) is 0 Å². The maximum atomic E-state index is 13.7. The van der Waals surface area contributed by atoms with Crippen molar-refractivity contribution in [2.45, 2.75) is 12.5 Å². The van der Waals surface area contributed by atoms with Gasteiger partial charge in [0.25, 0.3) is 0 Å². The predicted octanol–water partition coefficient (Wildman–Crippen LogP) is 2.55. The summed E-state index contributed by atoms with van der Waals surface area (Å²) < 4.78 is 31.8. The lowest BCUT2D eigenvalue weighted by molar-refractivity contribution is 0.380. The average Bonchev–Trinajstić information content (AvgIpc) is 2.28. The van der Waals surface area contributed by atoms with Gasteiger partial charge in [-0.1, -0.05) is 0 Å². The number of ether oxygens (including phenoxy) is 1. The topological polar surface area (TPSA) is 21.3 Å². The first kappa shape index (κ1) is 13.3. The summed E-state index contributed by atoms with van der Waals surface area (Å²) in [6.45, 7) is 0. The zero-order valence-electron chi connectivity index (χ0n) is 9.26. The quantitative estimate of drug-likeness (QED) is 0.780. The Morgan fingerprint density at radius 2 is 2.06 bits per heavy atom. The van der Waals surface area contributed by atoms with E-state index in [0.717, 1.165) is 6.07 Å². The molecule has 0 fully saturated rings. The molecule has 1 N–H and O–H groups in total. The summed E-state index contributed by atoms with van der Waals surface area (Å²) in [5, 5.41) is 2.93. The first-order valence-electron chi connectivity index (χ1n) is 4.95. The second-order valence-electron chi connectivity index (χ2n) is 3.36. The number of benzene rings is 1. The molecule has 1 atom stereocenters. The number of rotatable bonds is 5. The Labute approximate surface area is 99.4 Å². The molecule has 2 nitrogen and oxygen atoms in total. The summed E-state index contributed by atoms with van der Waals surface area (Å²) >= 11 is 4.08. The zero-order valence-corrected chi connectivity index (χ0v) is 10.2. The van der Waals surface area contributed by atoms with Crippen LogP contribution in [-0.2, 0) is 0 Å². The standard InChI is InChI=1S/C11H15F2NOS/c1-14-10(3-4-16)7-5-9(13)11(15-2)6-8(7)12/h5-6,10,14,16H,3-4H2,1-2H3. The van der Waals surface area contributed by atoms with E-state index in [1.54, 1.807) is 7.05 Å². The van der Waals surface area contributed by atoms with Crippen LogP contribution < -0.4 is 10.1 Å². The molecule has 16 heavy (non-hydrogen) atoms. The molecule has 1 aromatic rings. The lowest BCUT2D eigenvalue weighted by Gasteiger charge is -2.17. The van der Waals surface area contributed by atoms with Crippen LogP contribution in [0.25, 0.3) is 0 Å². The summed E-state index contributed by atoms with van der Waals surface area (Å²) in [6, 6.07) is 1.99. The monoisotopic (exact) mass is 247 g/mol. The molecule has 0 saturated heterocycles. The van der Waals surface area contributed by atoms with Crippen molar-refractivity contribution in [3.63, 3.8) is 0 Å². The van der Waals surface area contributed by atoms with Gasteiger partial charge in [0.1, 0.15) is 5.82 Å². The van der Waals surface area contributed by atoms with Crippen LogP contribution in [-0.4, -0.2) is 19.9 Å². The first-order valence-corrected chi connectivity index (χ1v) is 5.58. The van der Waals surface area contributed by atoms with Crippen LogP contribution in [0, 0.1) is 11.6 Å². The van der Waals surface area contributed by atoms with Gasteiger partial charge in [0.15, 0.2) is 11.6 Å². The summed E-state index contributed by atoms with van der Waals surface area (Å²) in [7, 11) is 3.01. The molecule has 5 heteroatoms. The van der Waals surface area contributed by atoms with Gasteiger partial charge in [-0.05, 0) is 25.3 Å². The normalized spacial score (nSPS) is 12.6. The third-order valence-electron chi connectivity index (χ3n) is 2.41. The van der Waals surface area contributed by atoms with Gasteiger partial charge < -0.3 is 10.1 Å². The highest BCUT2D eigenvalue weighted by Gasteiger charge is 2.17. The molecule has 1 aromatic carbocycles. The maximum absolute atomic E-state index is 13.7. The van der Waals surface area contributed by atoms with Crippen LogP contribution in [0.4, 0.5) is 8.78 Å². The minimum Gasteiger partial charge on any atom is -0.494 e. The van der Waals surface area contributed by atoms with Crippen LogP contribution in [0.1, 0.15) is 18.0 Å². The van der Waals surface area contributed by atoms with E-state index in [1.165, 1.54) is 13.2 Å². The molecule has 0 aliphatic rings. The number of halogens is 2. The van der Waals surface area contributed by atoms with E-state index in [9.17, 15) is 8.78 Å². The Morgan fingerprint density at radius 1 is 1.38 bits per heavy atom. The van der Waals surface area contributed by atoms with Gasteiger partial charge >= 0.3 is 0 Å². The molecule has 1 unspecified atom stereocenters. The zero-order chi connectivity index (χ0) is 12.1. The van der Waals surface area contributed by atoms with Crippen LogP contribution in [0.15, 0.2) is 12.1 Å². The maximum Gasteiger partial charge on any atom is 0.165 e. The molecule has 0 radical (unpaired) electrons. The van der Waals surface area contributed by atoms with E-state index in [2.05, 4.69) is 17.9 Å². The van der Waals surface area contributed by atoms with Crippen molar-refractivity contribution in [3.8, 4) is 5.75 Å². The van der Waals surface area contributed by atoms with Crippen molar-refractivity contribution in [1.29, 1.82) is 0 Å². The molecule has 0 aliphatic heterocycles. The molecule has 0 bridgehead atoms. The van der Waals surface area contributed by atoms with Crippen LogP contribution >= 0.6 is 12.6 Å². The predicted molar refractivity (Wildman–Crippen MR) is 63.2 cm³/mol. The van der Waals surface area contributed by atoms with E-state index >= 15 is 0 Å². The Bertz CT molecular complexity index is 360. The number of nitrogens with one attached hydrogen (secondary N) is 1. The average molecular weight is 247 g/mol. The molecular formula is C11H15F2NOS. The molecule has 1 rings (SSSR count). The second-order valence-corrected chi connectivity index (χ2v) is 3.81. The molecular weight excluding hydrogens is 232 g/mol. The highest BCUT2D eigenvalue weighted by atomic mass is 32.1. The van der Waals surface area contributed by atoms with E-state index < -0.39 is 11.6 Å². The first-order chi connectivity index (χ1) is 7.63. The van der Waals surface area contributed by atoms with Gasteiger partial charge in [-0.15, -0.1) is 0 Å². The third kappa shape index (κ3) is 2.86. The molecule has 0 aromatic heterocycles. The minimum absolute atomic E-state index is 0.0815. The molecule has 0 saturated carbocycles. The fraction of sp³-hybridized carbons (Fsp3) is 0.455. The molecule has 0 heterocycles. The van der Waals surface area contributed by atoms with Crippen molar-refractivity contribution in [2.24, 2.45) is 0 Å². The van der Waals surface area contributed by atoms with Crippen molar-refractivity contribution in [2.75, 3.05) is 19.9 Å². The Hall–Kier alpha value is -0.810. The van der Waals surface area contributed by atoms with Gasteiger partial charge in [0, 0.05) is 17.7 Å². The van der Waals surface area contributed by atoms with E-state index in [4.69, 9.17) is 4.74 Å². The molecule has 90 valence electrons. The second kappa shape index (κ2) is 6.06. The van der Waals surface area contributed by atoms with E-state index in [-0.39, 0.29) is 11.8 Å². The summed E-state index contributed by atoms with van der Waals surface area (Å²) in [4.78, 5) is 0. The highest BCUT2D eigenvalue weighted by Crippen LogP contribution is 2.26. The largest absolute Gasteiger partial charge is 0.494 e. The molecule has 0 amide bonds. The van der Waals surface area contributed by atoms with E-state index in [1.807, 2.05) is 0 Å². The molecule has 0 spiro atoms. The number of hydrogen-bond acceptors (Lipinski definition) is 3. The van der Waals surface area contributed by atoms with Gasteiger partial charge in [-0.3, -0.25) is 0 Å². The Morgan fingerprint density at radius 3 is 2.56 bits per heavy atom. The third-order valence-corrected chi connectivity index (χ3v) is 2.67. The molecule has 0 aliphatic carbocycles. The van der Waals surface area contributed by atoms with Crippen LogP contribution in [0.2, 0.25) is 0 Å². The fourth-order valence-electron chi connectivity index (χ4n) is 1.55. The lowest BCUT2D eigenvalue weighted by atomic mass is 10.0. The van der Waals surface area contributed by atoms with Crippen molar-refractivity contribution >= 4 is 12.6 Å². The van der Waals surface area contributed by atoms with Crippen molar-refractivity contribution < 1.29 is 13.5 Å². The smallest absolute Gasteiger partial charge is 0.165 e. The summed E-state index contributed by atoms with van der Waals surface area (Å²) in [5.74, 6) is -0.516. The SMILES string of the molecule is CNC(CCS)c1cc(F)c(OC)cc1F. The van der Waals surface area contributed by atoms with Gasteiger partial charge in [0.05, 0.1) is 7.11 Å². The highest BCUT2D eigenvalue weighted by molar-refractivity contribution is 7.80. The van der Waals surface area contributed by atoms with Crippen LogP contribution in [0.5, 0.6) is 5.75 Å². The van der Waals surface area contributed by atoms with Crippen molar-refractivity contribution in [3.05, 3.63) is 29.3 Å². The van der Waals surface area contributed by atoms with Crippen molar-refractivity contribution in [1.82, 2.24) is 5.32 Å². The minimum atomic E-state index is -0.557. The summed E-state index contributed by atoms with van der Waals surface area (Å²) in [5.41, 5.74) is 0.301. The van der Waals surface area contributed by atoms with Gasteiger partial charge in [-0.25, -0.2) is 8.78 Å². The van der Waals surface area contributed by atoms with E-state index in [0.29, 0.717) is 17.7 Å². The van der Waals surface area contributed by atoms with Crippen LogP contribution in [0.3, 0.4) is 0 Å². The van der Waals surface area contributed by atoms with Gasteiger partial charge in [-0.2, -0.15) is 12.6 Å². The lowest BCUT2D eigenvalue weighted by Crippen LogP contribution is -2.18. The number of thiol groups is 1. The Balaban J connectivity index is 3.08. The summed E-state index contributed by atoms with van der Waals surface area (Å²) in [6.07, 6.45) is 0.627. The Kier molecular flexibility index (Phi) is 5.02.